The second-order valence-electron chi connectivity index (χ2n) is 11.3. The molecule has 2 heterocycles. The first-order valence-electron chi connectivity index (χ1n) is 13.3. The van der Waals surface area contributed by atoms with Gasteiger partial charge in [0.25, 0.3) is 0 Å². The molecule has 3 aromatic rings. The average molecular weight is 531 g/mol. The van der Waals surface area contributed by atoms with E-state index in [1.807, 2.05) is 92.7 Å². The van der Waals surface area contributed by atoms with Gasteiger partial charge in [0.2, 0.25) is 5.91 Å². The number of anilines is 2. The van der Waals surface area contributed by atoms with Crippen LogP contribution in [0.15, 0.2) is 102 Å². The number of Topliss-reactive ketones (excluding diaryl/α,β-unsaturated/α-hetero) is 1. The molecule has 0 fully saturated rings. The average Bonchev–Trinajstić information content (AvgIpc) is 3.17. The van der Waals surface area contributed by atoms with Crippen molar-refractivity contribution in [1.29, 1.82) is 5.26 Å². The summed E-state index contributed by atoms with van der Waals surface area (Å²) >= 11 is 0. The van der Waals surface area contributed by atoms with Crippen LogP contribution in [0.25, 0.3) is 0 Å². The number of carbonyl (C=O) groups is 2. The van der Waals surface area contributed by atoms with Gasteiger partial charge in [0, 0.05) is 34.6 Å². The van der Waals surface area contributed by atoms with Gasteiger partial charge in [-0.15, -0.1) is 0 Å². The smallest absolute Gasteiger partial charge is 0.248 e. The van der Waals surface area contributed by atoms with E-state index in [1.54, 1.807) is 16.9 Å². The molecule has 2 N–H and O–H groups in total. The fourth-order valence-electron chi connectivity index (χ4n) is 6.51. The third-order valence-corrected chi connectivity index (χ3v) is 8.16. The van der Waals surface area contributed by atoms with Gasteiger partial charge >= 0.3 is 0 Å². The number of nitrogens with two attached hydrogens (primary N) is 1. The minimum atomic E-state index is -1.61. The largest absolute Gasteiger partial charge is 0.497 e. The maximum absolute atomic E-state index is 14.8. The van der Waals surface area contributed by atoms with Crippen molar-refractivity contribution in [2.45, 2.75) is 38.6 Å². The fraction of sp³-hybridized carbons (Fsp3) is 0.242. The second-order valence-corrected chi connectivity index (χ2v) is 11.3. The Morgan fingerprint density at radius 1 is 0.950 bits per heavy atom. The molecule has 1 amide bonds. The van der Waals surface area contributed by atoms with Crippen molar-refractivity contribution in [3.8, 4) is 11.8 Å². The van der Waals surface area contributed by atoms with Gasteiger partial charge in [-0.05, 0) is 47.7 Å². The number of methoxy groups -OCH3 is 1. The van der Waals surface area contributed by atoms with E-state index in [4.69, 9.17) is 10.5 Å². The molecule has 0 unspecified atom stereocenters. The van der Waals surface area contributed by atoms with E-state index in [1.165, 1.54) is 0 Å². The second kappa shape index (κ2) is 9.13. The quantitative estimate of drug-likeness (QED) is 0.489. The summed E-state index contributed by atoms with van der Waals surface area (Å²) in [6, 6.07) is 26.8. The maximum Gasteiger partial charge on any atom is 0.248 e. The molecule has 0 saturated carbocycles. The summed E-state index contributed by atoms with van der Waals surface area (Å²) in [6.45, 7) is 4.39. The first-order valence-corrected chi connectivity index (χ1v) is 13.3. The lowest BCUT2D eigenvalue weighted by Gasteiger charge is -2.47. The number of ketones is 1. The number of allylic oxidation sites excluding steroid dienone is 1. The number of carbonyl (C=O) groups excluding carboxylic acids is 2. The van der Waals surface area contributed by atoms with Gasteiger partial charge in [0.05, 0.1) is 19.2 Å². The molecule has 0 bridgehead atoms. The molecule has 1 atom stereocenters. The van der Waals surface area contributed by atoms with Crippen molar-refractivity contribution in [3.63, 3.8) is 0 Å². The number of benzene rings is 3. The summed E-state index contributed by atoms with van der Waals surface area (Å²) in [5.41, 5.74) is 8.92. The number of rotatable bonds is 4. The molecule has 1 spiro atoms. The topological polar surface area (TPSA) is 99.7 Å². The zero-order valence-electron chi connectivity index (χ0n) is 22.8. The van der Waals surface area contributed by atoms with Crippen LogP contribution in [0.1, 0.15) is 37.8 Å². The molecule has 7 nitrogen and oxygen atoms in total. The molecule has 200 valence electrons. The summed E-state index contributed by atoms with van der Waals surface area (Å²) in [7, 11) is 1.59. The first kappa shape index (κ1) is 25.4. The summed E-state index contributed by atoms with van der Waals surface area (Å²) < 4.78 is 5.34. The fourth-order valence-corrected chi connectivity index (χ4v) is 6.51. The number of hydrogen-bond donors (Lipinski definition) is 1. The lowest BCUT2D eigenvalue weighted by molar-refractivity contribution is -0.125. The van der Waals surface area contributed by atoms with Gasteiger partial charge in [0.1, 0.15) is 23.1 Å². The summed E-state index contributed by atoms with van der Waals surface area (Å²) in [5, 5.41) is 10.7. The SMILES string of the molecule is COc1ccc(N2C(N)=C(C#N)[C@@]3(C(=O)N(Cc4ccccc4)c4ccccc43)C3=C2CC(C)(C)CC3=O)cc1. The highest BCUT2D eigenvalue weighted by Crippen LogP contribution is 2.58. The predicted molar refractivity (Wildman–Crippen MR) is 153 cm³/mol. The molecular formula is C33H30N4O3. The zero-order valence-corrected chi connectivity index (χ0v) is 22.8. The normalized spacial score (nSPS) is 21.4. The molecular weight excluding hydrogens is 500 g/mol. The summed E-state index contributed by atoms with van der Waals surface area (Å²) in [6.07, 6.45) is 0.770. The minimum absolute atomic E-state index is 0.0723. The molecule has 0 saturated heterocycles. The van der Waals surface area contributed by atoms with Crippen LogP contribution in [-0.2, 0) is 21.5 Å². The molecule has 6 rings (SSSR count). The molecule has 1 aliphatic carbocycles. The maximum atomic E-state index is 14.8. The van der Waals surface area contributed by atoms with E-state index in [-0.39, 0.29) is 34.9 Å². The van der Waals surface area contributed by atoms with Crippen LogP contribution in [0.3, 0.4) is 0 Å². The van der Waals surface area contributed by atoms with Crippen LogP contribution in [-0.4, -0.2) is 18.8 Å². The molecule has 0 aromatic heterocycles. The lowest BCUT2D eigenvalue weighted by atomic mass is 9.60. The van der Waals surface area contributed by atoms with Crippen molar-refractivity contribution in [2.24, 2.45) is 11.1 Å². The first-order chi connectivity index (χ1) is 19.2. The Morgan fingerprint density at radius 3 is 2.30 bits per heavy atom. The third kappa shape index (κ3) is 3.56. The molecule has 3 aliphatic rings. The number of nitrogens with zero attached hydrogens (tertiary/aromatic N) is 3. The van der Waals surface area contributed by atoms with Gasteiger partial charge in [-0.25, -0.2) is 0 Å². The number of nitriles is 1. The Balaban J connectivity index is 1.64. The van der Waals surface area contributed by atoms with Crippen molar-refractivity contribution < 1.29 is 14.3 Å². The number of amides is 1. The van der Waals surface area contributed by atoms with E-state index in [0.717, 1.165) is 5.56 Å². The van der Waals surface area contributed by atoms with E-state index in [0.29, 0.717) is 46.9 Å². The van der Waals surface area contributed by atoms with Crippen LogP contribution in [0.5, 0.6) is 5.75 Å². The Hall–Kier alpha value is -4.83. The lowest BCUT2D eigenvalue weighted by Crippen LogP contribution is -2.53. The summed E-state index contributed by atoms with van der Waals surface area (Å²) in [5.74, 6) is 0.356. The zero-order chi connectivity index (χ0) is 28.2. The molecule has 3 aromatic carbocycles. The van der Waals surface area contributed by atoms with Gasteiger partial charge < -0.3 is 15.4 Å². The minimum Gasteiger partial charge on any atom is -0.497 e. The molecule has 2 aliphatic heterocycles. The van der Waals surface area contributed by atoms with Gasteiger partial charge in [-0.3, -0.25) is 14.5 Å². The van der Waals surface area contributed by atoms with Crippen molar-refractivity contribution in [3.05, 3.63) is 113 Å². The predicted octanol–water partition coefficient (Wildman–Crippen LogP) is 5.34. The monoisotopic (exact) mass is 530 g/mol. The van der Waals surface area contributed by atoms with Crippen LogP contribution in [0.4, 0.5) is 11.4 Å². The van der Waals surface area contributed by atoms with Gasteiger partial charge in [-0.2, -0.15) is 5.26 Å². The van der Waals surface area contributed by atoms with Crippen LogP contribution in [0, 0.1) is 16.7 Å². The number of fused-ring (bicyclic) bond motifs is 3. The standard InChI is InChI=1S/C33H30N4O3/c1-32(2)17-27-29(28(38)18-32)33(25(19-34)30(35)37(27)22-13-15-23(40-3)16-14-22)24-11-7-8-12-26(24)36(31(33)39)20-21-9-5-4-6-10-21/h4-16H,17-18,20,35H2,1-3H3/t33-/m1/s1. The highest BCUT2D eigenvalue weighted by atomic mass is 16.5. The van der Waals surface area contributed by atoms with E-state index < -0.39 is 5.41 Å². The van der Waals surface area contributed by atoms with Crippen LogP contribution < -0.4 is 20.3 Å². The Bertz CT molecular complexity index is 1650. The van der Waals surface area contributed by atoms with Crippen LogP contribution in [0.2, 0.25) is 0 Å². The Labute approximate surface area is 233 Å². The van der Waals surface area contributed by atoms with Crippen molar-refractivity contribution >= 4 is 23.1 Å². The van der Waals surface area contributed by atoms with Crippen molar-refractivity contribution in [1.82, 2.24) is 0 Å². The van der Waals surface area contributed by atoms with Crippen molar-refractivity contribution in [2.75, 3.05) is 16.9 Å². The number of hydrogen-bond acceptors (Lipinski definition) is 6. The van der Waals surface area contributed by atoms with E-state index >= 15 is 0 Å². The van der Waals surface area contributed by atoms with Crippen LogP contribution >= 0.6 is 0 Å². The van der Waals surface area contributed by atoms with E-state index in [9.17, 15) is 14.9 Å². The number of para-hydroxylation sites is 1. The van der Waals surface area contributed by atoms with Gasteiger partial charge in [-0.1, -0.05) is 62.4 Å². The Kier molecular flexibility index (Phi) is 5.81. The Morgan fingerprint density at radius 2 is 1.62 bits per heavy atom. The highest BCUT2D eigenvalue weighted by molar-refractivity contribution is 6.20. The molecule has 7 heteroatoms. The van der Waals surface area contributed by atoms with Gasteiger partial charge in [0.15, 0.2) is 5.78 Å². The highest BCUT2D eigenvalue weighted by Gasteiger charge is 2.63. The summed E-state index contributed by atoms with van der Waals surface area (Å²) in [4.78, 5) is 32.5. The number of ether oxygens (including phenoxy) is 1. The van der Waals surface area contributed by atoms with E-state index in [2.05, 4.69) is 6.07 Å². The molecule has 0 radical (unpaired) electrons. The third-order valence-electron chi connectivity index (χ3n) is 8.16. The molecule has 40 heavy (non-hydrogen) atoms.